The number of nitrogens with two attached hydrogens (primary N) is 1. The molecule has 94 valence electrons. The van der Waals surface area contributed by atoms with E-state index in [-0.39, 0.29) is 11.7 Å². The van der Waals surface area contributed by atoms with E-state index in [1.54, 1.807) is 17.0 Å². The third-order valence-corrected chi connectivity index (χ3v) is 2.71. The number of amides is 1. The molecular formula is C13H19FN2O. The SMILES string of the molecule is CC[C@@H](N)C(=O)N(CC)Cc1cccc(F)c1. The molecule has 4 heteroatoms. The molecule has 0 saturated carbocycles. The highest BCUT2D eigenvalue weighted by Gasteiger charge is 2.18. The second-order valence-electron chi connectivity index (χ2n) is 4.00. The molecule has 1 aromatic carbocycles. The molecule has 0 aliphatic rings. The average Bonchev–Trinajstić information content (AvgIpc) is 2.34. The standard InChI is InChI=1S/C13H19FN2O/c1-3-12(15)13(17)16(4-2)9-10-6-5-7-11(14)8-10/h5-8,12H,3-4,9,15H2,1-2H3/t12-/m1/s1. The van der Waals surface area contributed by atoms with Gasteiger partial charge in [0.05, 0.1) is 6.04 Å². The van der Waals surface area contributed by atoms with Gasteiger partial charge in [-0.3, -0.25) is 4.79 Å². The maximum atomic E-state index is 13.0. The van der Waals surface area contributed by atoms with Crippen molar-refractivity contribution in [3.63, 3.8) is 0 Å². The van der Waals surface area contributed by atoms with Gasteiger partial charge in [-0.05, 0) is 31.0 Å². The van der Waals surface area contributed by atoms with Crippen LogP contribution in [0.4, 0.5) is 4.39 Å². The number of rotatable bonds is 5. The van der Waals surface area contributed by atoms with Crippen molar-refractivity contribution in [2.45, 2.75) is 32.9 Å². The quantitative estimate of drug-likeness (QED) is 0.851. The Kier molecular flexibility index (Phi) is 5.10. The van der Waals surface area contributed by atoms with Gasteiger partial charge in [0.15, 0.2) is 0 Å². The Morgan fingerprint density at radius 2 is 2.18 bits per heavy atom. The molecule has 0 fully saturated rings. The topological polar surface area (TPSA) is 46.3 Å². The zero-order valence-corrected chi connectivity index (χ0v) is 10.3. The molecule has 1 aromatic rings. The molecule has 3 nitrogen and oxygen atoms in total. The van der Waals surface area contributed by atoms with Crippen LogP contribution in [0, 0.1) is 5.82 Å². The molecule has 1 amide bonds. The Hall–Kier alpha value is -1.42. The highest BCUT2D eigenvalue weighted by atomic mass is 19.1. The molecule has 0 heterocycles. The molecule has 1 atom stereocenters. The van der Waals surface area contributed by atoms with Crippen LogP contribution in [0.2, 0.25) is 0 Å². The molecule has 0 bridgehead atoms. The van der Waals surface area contributed by atoms with Crippen molar-refractivity contribution in [3.8, 4) is 0 Å². The molecule has 0 aromatic heterocycles. The summed E-state index contributed by atoms with van der Waals surface area (Å²) in [5, 5.41) is 0. The van der Waals surface area contributed by atoms with E-state index >= 15 is 0 Å². The van der Waals surface area contributed by atoms with Crippen LogP contribution in [0.15, 0.2) is 24.3 Å². The summed E-state index contributed by atoms with van der Waals surface area (Å²) in [5.74, 6) is -0.370. The maximum Gasteiger partial charge on any atom is 0.239 e. The van der Waals surface area contributed by atoms with Crippen LogP contribution < -0.4 is 5.73 Å². The summed E-state index contributed by atoms with van der Waals surface area (Å²) in [5.41, 5.74) is 6.49. The van der Waals surface area contributed by atoms with Gasteiger partial charge < -0.3 is 10.6 Å². The number of likely N-dealkylation sites (N-methyl/N-ethyl adjacent to an activating group) is 1. The molecule has 2 N–H and O–H groups in total. The summed E-state index contributed by atoms with van der Waals surface area (Å²) < 4.78 is 13.0. The molecule has 0 aliphatic carbocycles. The van der Waals surface area contributed by atoms with Gasteiger partial charge in [0.1, 0.15) is 5.82 Å². The Labute approximate surface area is 101 Å². The van der Waals surface area contributed by atoms with Gasteiger partial charge in [-0.1, -0.05) is 19.1 Å². The lowest BCUT2D eigenvalue weighted by Crippen LogP contribution is -2.42. The van der Waals surface area contributed by atoms with Gasteiger partial charge in [0, 0.05) is 13.1 Å². The zero-order valence-electron chi connectivity index (χ0n) is 10.3. The predicted molar refractivity (Wildman–Crippen MR) is 65.8 cm³/mol. The molecular weight excluding hydrogens is 219 g/mol. The second kappa shape index (κ2) is 6.35. The van der Waals surface area contributed by atoms with E-state index in [1.165, 1.54) is 12.1 Å². The van der Waals surface area contributed by atoms with E-state index in [0.717, 1.165) is 5.56 Å². The molecule has 0 radical (unpaired) electrons. The number of nitrogens with zero attached hydrogens (tertiary/aromatic N) is 1. The summed E-state index contributed by atoms with van der Waals surface area (Å²) in [7, 11) is 0. The fourth-order valence-electron chi connectivity index (χ4n) is 1.61. The third-order valence-electron chi connectivity index (χ3n) is 2.71. The normalized spacial score (nSPS) is 12.2. The first kappa shape index (κ1) is 13.6. The highest BCUT2D eigenvalue weighted by Crippen LogP contribution is 2.08. The average molecular weight is 238 g/mol. The van der Waals surface area contributed by atoms with Gasteiger partial charge in [0.25, 0.3) is 0 Å². The number of benzene rings is 1. The first-order valence-electron chi connectivity index (χ1n) is 5.87. The van der Waals surface area contributed by atoms with E-state index in [2.05, 4.69) is 0 Å². The van der Waals surface area contributed by atoms with Crippen molar-refractivity contribution < 1.29 is 9.18 Å². The number of carbonyl (C=O) groups is 1. The fraction of sp³-hybridized carbons (Fsp3) is 0.462. The molecule has 0 saturated heterocycles. The second-order valence-corrected chi connectivity index (χ2v) is 4.00. The first-order chi connectivity index (χ1) is 8.08. The Morgan fingerprint density at radius 3 is 2.71 bits per heavy atom. The van der Waals surface area contributed by atoms with Crippen LogP contribution in [0.3, 0.4) is 0 Å². The lowest BCUT2D eigenvalue weighted by atomic mass is 10.1. The summed E-state index contributed by atoms with van der Waals surface area (Å²) in [4.78, 5) is 13.5. The summed E-state index contributed by atoms with van der Waals surface area (Å²) in [6.45, 7) is 4.74. The minimum absolute atomic E-state index is 0.0840. The van der Waals surface area contributed by atoms with E-state index in [9.17, 15) is 9.18 Å². The zero-order chi connectivity index (χ0) is 12.8. The molecule has 0 unspecified atom stereocenters. The van der Waals surface area contributed by atoms with Crippen molar-refractivity contribution in [1.29, 1.82) is 0 Å². The summed E-state index contributed by atoms with van der Waals surface area (Å²) in [6, 6.07) is 5.80. The van der Waals surface area contributed by atoms with Gasteiger partial charge >= 0.3 is 0 Å². The maximum absolute atomic E-state index is 13.0. The van der Waals surface area contributed by atoms with Gasteiger partial charge in [-0.2, -0.15) is 0 Å². The van der Waals surface area contributed by atoms with Crippen molar-refractivity contribution in [1.82, 2.24) is 4.90 Å². The monoisotopic (exact) mass is 238 g/mol. The van der Waals surface area contributed by atoms with Crippen LogP contribution in [-0.4, -0.2) is 23.4 Å². The lowest BCUT2D eigenvalue weighted by molar-refractivity contribution is -0.133. The predicted octanol–water partition coefficient (Wildman–Crippen LogP) is 1.91. The Balaban J connectivity index is 2.73. The number of carbonyl (C=O) groups excluding carboxylic acids is 1. The minimum atomic E-state index is -0.469. The lowest BCUT2D eigenvalue weighted by Gasteiger charge is -2.23. The molecule has 0 aliphatic heterocycles. The summed E-state index contributed by atoms with van der Waals surface area (Å²) >= 11 is 0. The Bertz CT molecular complexity index is 381. The van der Waals surface area contributed by atoms with E-state index in [4.69, 9.17) is 5.73 Å². The van der Waals surface area contributed by atoms with Gasteiger partial charge in [-0.15, -0.1) is 0 Å². The van der Waals surface area contributed by atoms with Gasteiger partial charge in [-0.25, -0.2) is 4.39 Å². The van der Waals surface area contributed by atoms with Crippen LogP contribution in [0.25, 0.3) is 0 Å². The van der Waals surface area contributed by atoms with Gasteiger partial charge in [0.2, 0.25) is 5.91 Å². The first-order valence-corrected chi connectivity index (χ1v) is 5.87. The summed E-state index contributed by atoms with van der Waals surface area (Å²) in [6.07, 6.45) is 0.610. The van der Waals surface area contributed by atoms with Crippen LogP contribution in [-0.2, 0) is 11.3 Å². The van der Waals surface area contributed by atoms with Crippen LogP contribution in [0.1, 0.15) is 25.8 Å². The van der Waals surface area contributed by atoms with Crippen molar-refractivity contribution in [2.75, 3.05) is 6.54 Å². The van der Waals surface area contributed by atoms with E-state index in [0.29, 0.717) is 19.5 Å². The van der Waals surface area contributed by atoms with Crippen LogP contribution >= 0.6 is 0 Å². The number of halogens is 1. The smallest absolute Gasteiger partial charge is 0.239 e. The highest BCUT2D eigenvalue weighted by molar-refractivity contribution is 5.81. The van der Waals surface area contributed by atoms with E-state index in [1.807, 2.05) is 13.8 Å². The van der Waals surface area contributed by atoms with Crippen molar-refractivity contribution >= 4 is 5.91 Å². The molecule has 17 heavy (non-hydrogen) atoms. The van der Waals surface area contributed by atoms with Crippen molar-refractivity contribution in [3.05, 3.63) is 35.6 Å². The molecule has 0 spiro atoms. The molecule has 1 rings (SSSR count). The number of hydrogen-bond donors (Lipinski definition) is 1. The number of hydrogen-bond acceptors (Lipinski definition) is 2. The van der Waals surface area contributed by atoms with Crippen molar-refractivity contribution in [2.24, 2.45) is 5.73 Å². The fourth-order valence-corrected chi connectivity index (χ4v) is 1.61. The van der Waals surface area contributed by atoms with E-state index < -0.39 is 6.04 Å². The third kappa shape index (κ3) is 3.82. The van der Waals surface area contributed by atoms with Crippen LogP contribution in [0.5, 0.6) is 0 Å². The minimum Gasteiger partial charge on any atom is -0.337 e. The Morgan fingerprint density at radius 1 is 1.47 bits per heavy atom. The largest absolute Gasteiger partial charge is 0.337 e.